The van der Waals surface area contributed by atoms with Crippen molar-refractivity contribution >= 4 is 28.6 Å². The zero-order valence-corrected chi connectivity index (χ0v) is 15.4. The number of aromatic nitrogens is 4. The van der Waals surface area contributed by atoms with E-state index in [1.807, 2.05) is 60.3 Å². The van der Waals surface area contributed by atoms with Gasteiger partial charge in [0.25, 0.3) is 5.91 Å². The third-order valence-corrected chi connectivity index (χ3v) is 4.65. The largest absolute Gasteiger partial charge is 0.361 e. The van der Waals surface area contributed by atoms with Crippen molar-refractivity contribution in [1.82, 2.24) is 25.1 Å². The van der Waals surface area contributed by atoms with Crippen molar-refractivity contribution in [2.75, 3.05) is 50.1 Å². The van der Waals surface area contributed by atoms with Gasteiger partial charge in [0.15, 0.2) is 11.6 Å². The third kappa shape index (κ3) is 3.51. The first-order valence-electron chi connectivity index (χ1n) is 8.89. The zero-order chi connectivity index (χ0) is 18.8. The summed E-state index contributed by atoms with van der Waals surface area (Å²) in [5.41, 5.74) is 1.91. The fraction of sp³-hybridized carbons (Fsp3) is 0.316. The van der Waals surface area contributed by atoms with Crippen LogP contribution >= 0.6 is 0 Å². The van der Waals surface area contributed by atoms with E-state index >= 15 is 0 Å². The van der Waals surface area contributed by atoms with Crippen LogP contribution in [0.2, 0.25) is 0 Å². The van der Waals surface area contributed by atoms with Crippen molar-refractivity contribution in [3.05, 3.63) is 48.3 Å². The van der Waals surface area contributed by atoms with Crippen LogP contribution in [0.1, 0.15) is 10.5 Å². The van der Waals surface area contributed by atoms with Crippen LogP contribution in [0.4, 0.5) is 11.6 Å². The van der Waals surface area contributed by atoms with Gasteiger partial charge < -0.3 is 14.7 Å². The molecule has 8 heteroatoms. The maximum Gasteiger partial charge on any atom is 0.274 e. The van der Waals surface area contributed by atoms with Crippen LogP contribution in [0, 0.1) is 0 Å². The second-order valence-corrected chi connectivity index (χ2v) is 6.67. The molecule has 1 saturated heterocycles. The van der Waals surface area contributed by atoms with Crippen LogP contribution in [-0.2, 0) is 0 Å². The number of hydrogen-bond acceptors (Lipinski definition) is 7. The molecule has 0 unspecified atom stereocenters. The highest BCUT2D eigenvalue weighted by atomic mass is 16.2. The molecule has 0 N–H and O–H groups in total. The highest BCUT2D eigenvalue weighted by molar-refractivity contribution is 5.94. The lowest BCUT2D eigenvalue weighted by atomic mass is 10.2. The Hall–Kier alpha value is -3.29. The second kappa shape index (κ2) is 7.14. The van der Waals surface area contributed by atoms with Crippen molar-refractivity contribution < 1.29 is 4.79 Å². The van der Waals surface area contributed by atoms with E-state index in [2.05, 4.69) is 25.1 Å². The van der Waals surface area contributed by atoms with Gasteiger partial charge in [0, 0.05) is 40.3 Å². The highest BCUT2D eigenvalue weighted by Gasteiger charge is 2.24. The Morgan fingerprint density at radius 1 is 0.963 bits per heavy atom. The molecule has 3 aromatic rings. The number of amides is 1. The number of para-hydroxylation sites is 2. The smallest absolute Gasteiger partial charge is 0.274 e. The molecular formula is C19H21N7O. The predicted octanol–water partition coefficient (Wildman–Crippen LogP) is 1.45. The average Bonchev–Trinajstić information content (AvgIpc) is 2.73. The Morgan fingerprint density at radius 2 is 1.70 bits per heavy atom. The summed E-state index contributed by atoms with van der Waals surface area (Å²) in [6.07, 6.45) is 1.56. The molecule has 0 aliphatic carbocycles. The van der Waals surface area contributed by atoms with E-state index < -0.39 is 0 Å². The van der Waals surface area contributed by atoms with Gasteiger partial charge in [0.2, 0.25) is 0 Å². The highest BCUT2D eigenvalue weighted by Crippen LogP contribution is 2.17. The van der Waals surface area contributed by atoms with Crippen molar-refractivity contribution in [2.45, 2.75) is 0 Å². The molecular weight excluding hydrogens is 342 g/mol. The first-order chi connectivity index (χ1) is 13.1. The van der Waals surface area contributed by atoms with E-state index in [-0.39, 0.29) is 5.91 Å². The lowest BCUT2D eigenvalue weighted by molar-refractivity contribution is 0.0740. The van der Waals surface area contributed by atoms with E-state index in [9.17, 15) is 4.79 Å². The minimum absolute atomic E-state index is 0.0815. The molecule has 1 aromatic carbocycles. The Balaban J connectivity index is 1.42. The number of carbonyl (C=O) groups excluding carboxylic acids is 1. The van der Waals surface area contributed by atoms with Crippen LogP contribution in [0.3, 0.4) is 0 Å². The Labute approximate surface area is 157 Å². The van der Waals surface area contributed by atoms with Gasteiger partial charge in [0.05, 0.1) is 17.2 Å². The van der Waals surface area contributed by atoms with Gasteiger partial charge in [-0.05, 0) is 24.3 Å². The van der Waals surface area contributed by atoms with Gasteiger partial charge in [-0.1, -0.05) is 12.1 Å². The quantitative estimate of drug-likeness (QED) is 0.697. The summed E-state index contributed by atoms with van der Waals surface area (Å²) in [5.74, 6) is 1.57. The topological polar surface area (TPSA) is 78.4 Å². The molecule has 1 aliphatic heterocycles. The zero-order valence-electron chi connectivity index (χ0n) is 15.4. The van der Waals surface area contributed by atoms with E-state index in [1.54, 1.807) is 6.20 Å². The minimum Gasteiger partial charge on any atom is -0.361 e. The number of rotatable bonds is 3. The molecule has 2 aromatic heterocycles. The maximum absolute atomic E-state index is 12.8. The van der Waals surface area contributed by atoms with Gasteiger partial charge in [-0.2, -0.15) is 0 Å². The Morgan fingerprint density at radius 3 is 2.37 bits per heavy atom. The summed E-state index contributed by atoms with van der Waals surface area (Å²) in [6.45, 7) is 2.65. The number of anilines is 2. The van der Waals surface area contributed by atoms with Crippen molar-refractivity contribution in [2.24, 2.45) is 0 Å². The van der Waals surface area contributed by atoms with Gasteiger partial charge in [-0.15, -0.1) is 10.2 Å². The first-order valence-corrected chi connectivity index (χ1v) is 8.89. The summed E-state index contributed by atoms with van der Waals surface area (Å²) in [6, 6.07) is 11.5. The van der Waals surface area contributed by atoms with Crippen LogP contribution < -0.4 is 9.80 Å². The van der Waals surface area contributed by atoms with Gasteiger partial charge in [-0.3, -0.25) is 9.78 Å². The standard InChI is InChI=1S/C19H21N7O/c1-24(2)17-7-8-18(23-22-17)25-9-11-26(12-10-25)19(27)16-13-20-14-5-3-4-6-15(14)21-16/h3-8,13H,9-12H2,1-2H3. The van der Waals surface area contributed by atoms with E-state index in [0.717, 1.165) is 22.7 Å². The minimum atomic E-state index is -0.0815. The molecule has 0 radical (unpaired) electrons. The SMILES string of the molecule is CN(C)c1ccc(N2CCN(C(=O)c3cnc4ccccc4n3)CC2)nn1. The fourth-order valence-corrected chi connectivity index (χ4v) is 3.09. The van der Waals surface area contributed by atoms with Crippen LogP contribution in [-0.4, -0.2) is 71.2 Å². The molecule has 1 amide bonds. The van der Waals surface area contributed by atoms with Crippen molar-refractivity contribution in [3.8, 4) is 0 Å². The third-order valence-electron chi connectivity index (χ3n) is 4.65. The maximum atomic E-state index is 12.8. The van der Waals surface area contributed by atoms with Gasteiger partial charge in [0.1, 0.15) is 5.69 Å². The van der Waals surface area contributed by atoms with Crippen LogP contribution in [0.25, 0.3) is 11.0 Å². The van der Waals surface area contributed by atoms with Gasteiger partial charge in [-0.25, -0.2) is 4.98 Å². The van der Waals surface area contributed by atoms with E-state index in [1.165, 1.54) is 0 Å². The molecule has 4 rings (SSSR count). The van der Waals surface area contributed by atoms with Gasteiger partial charge >= 0.3 is 0 Å². The number of hydrogen-bond donors (Lipinski definition) is 0. The fourth-order valence-electron chi connectivity index (χ4n) is 3.09. The molecule has 0 bridgehead atoms. The number of piperazine rings is 1. The molecule has 0 atom stereocenters. The number of carbonyl (C=O) groups is 1. The summed E-state index contributed by atoms with van der Waals surface area (Å²) in [7, 11) is 3.87. The lowest BCUT2D eigenvalue weighted by Crippen LogP contribution is -2.49. The van der Waals surface area contributed by atoms with Crippen molar-refractivity contribution in [1.29, 1.82) is 0 Å². The molecule has 1 aliphatic rings. The molecule has 138 valence electrons. The molecule has 1 fully saturated rings. The molecule has 0 spiro atoms. The lowest BCUT2D eigenvalue weighted by Gasteiger charge is -2.35. The Bertz CT molecular complexity index is 950. The summed E-state index contributed by atoms with van der Waals surface area (Å²) in [5, 5.41) is 8.51. The first kappa shape index (κ1) is 17.1. The number of fused-ring (bicyclic) bond motifs is 1. The number of benzene rings is 1. The van der Waals surface area contributed by atoms with Crippen molar-refractivity contribution in [3.63, 3.8) is 0 Å². The summed E-state index contributed by atoms with van der Waals surface area (Å²) >= 11 is 0. The predicted molar refractivity (Wildman–Crippen MR) is 104 cm³/mol. The number of nitrogens with zero attached hydrogens (tertiary/aromatic N) is 7. The Kier molecular flexibility index (Phi) is 4.53. The molecule has 8 nitrogen and oxygen atoms in total. The molecule has 27 heavy (non-hydrogen) atoms. The van der Waals surface area contributed by atoms with Crippen LogP contribution in [0.5, 0.6) is 0 Å². The summed E-state index contributed by atoms with van der Waals surface area (Å²) < 4.78 is 0. The monoisotopic (exact) mass is 363 g/mol. The normalized spacial score (nSPS) is 14.4. The second-order valence-electron chi connectivity index (χ2n) is 6.67. The van der Waals surface area contributed by atoms with E-state index in [0.29, 0.717) is 31.9 Å². The molecule has 0 saturated carbocycles. The molecule has 3 heterocycles. The average molecular weight is 363 g/mol. The van der Waals surface area contributed by atoms with Crippen LogP contribution in [0.15, 0.2) is 42.6 Å². The summed E-state index contributed by atoms with van der Waals surface area (Å²) in [4.78, 5) is 27.4. The van der Waals surface area contributed by atoms with E-state index in [4.69, 9.17) is 0 Å².